The summed E-state index contributed by atoms with van der Waals surface area (Å²) in [6, 6.07) is 11.6. The van der Waals surface area contributed by atoms with Crippen LogP contribution >= 0.6 is 0 Å². The molecule has 2 aromatic rings. The lowest BCUT2D eigenvalue weighted by molar-refractivity contribution is -0.118. The standard InChI is InChI=1S/C15H14N2O4S/c1-10-7-12-13(21-9-15(18)16-12)8-14(10)22(19,20)17-11-5-3-2-4-6-11/h2-8,17H,9H2,1H3,(H,16,18). The maximum atomic E-state index is 12.5. The van der Waals surface area contributed by atoms with Crippen LogP contribution in [0.15, 0.2) is 47.4 Å². The van der Waals surface area contributed by atoms with Gasteiger partial charge in [0.25, 0.3) is 15.9 Å². The third-order valence-electron chi connectivity index (χ3n) is 3.23. The number of nitrogens with one attached hydrogen (secondary N) is 2. The van der Waals surface area contributed by atoms with Gasteiger partial charge < -0.3 is 10.1 Å². The normalized spacial score (nSPS) is 13.8. The highest BCUT2D eigenvalue weighted by Gasteiger charge is 2.23. The Morgan fingerprint density at radius 3 is 2.64 bits per heavy atom. The maximum Gasteiger partial charge on any atom is 0.262 e. The van der Waals surface area contributed by atoms with Crippen molar-refractivity contribution < 1.29 is 17.9 Å². The summed E-state index contributed by atoms with van der Waals surface area (Å²) >= 11 is 0. The molecular formula is C15H14N2O4S. The number of hydrogen-bond donors (Lipinski definition) is 2. The van der Waals surface area contributed by atoms with Crippen molar-refractivity contribution in [2.75, 3.05) is 16.6 Å². The van der Waals surface area contributed by atoms with Crippen LogP contribution < -0.4 is 14.8 Å². The summed E-state index contributed by atoms with van der Waals surface area (Å²) in [5.41, 5.74) is 1.48. The number of anilines is 2. The Morgan fingerprint density at radius 1 is 1.18 bits per heavy atom. The Balaban J connectivity index is 1.99. The van der Waals surface area contributed by atoms with E-state index >= 15 is 0 Å². The first kappa shape index (κ1) is 14.4. The van der Waals surface area contributed by atoms with Gasteiger partial charge in [-0.1, -0.05) is 18.2 Å². The molecule has 1 aliphatic rings. The number of ether oxygens (including phenoxy) is 1. The Morgan fingerprint density at radius 2 is 1.91 bits per heavy atom. The predicted octanol–water partition coefficient (Wildman–Crippen LogP) is 2.13. The van der Waals surface area contributed by atoms with Crippen molar-refractivity contribution in [3.63, 3.8) is 0 Å². The molecule has 1 amide bonds. The van der Waals surface area contributed by atoms with Gasteiger partial charge in [-0.25, -0.2) is 8.42 Å². The van der Waals surface area contributed by atoms with Crippen LogP contribution in [0.25, 0.3) is 0 Å². The van der Waals surface area contributed by atoms with Crippen molar-refractivity contribution in [2.24, 2.45) is 0 Å². The van der Waals surface area contributed by atoms with Crippen molar-refractivity contribution in [3.8, 4) is 5.75 Å². The Bertz CT molecular complexity index is 832. The van der Waals surface area contributed by atoms with Gasteiger partial charge in [-0.3, -0.25) is 9.52 Å². The molecule has 0 unspecified atom stereocenters. The number of hydrogen-bond acceptors (Lipinski definition) is 4. The number of sulfonamides is 1. The van der Waals surface area contributed by atoms with Crippen LogP contribution in [0.3, 0.4) is 0 Å². The zero-order chi connectivity index (χ0) is 15.7. The highest BCUT2D eigenvalue weighted by atomic mass is 32.2. The quantitative estimate of drug-likeness (QED) is 0.908. The number of carbonyl (C=O) groups is 1. The van der Waals surface area contributed by atoms with Crippen LogP contribution in [-0.4, -0.2) is 20.9 Å². The lowest BCUT2D eigenvalue weighted by Crippen LogP contribution is -2.26. The second-order valence-corrected chi connectivity index (χ2v) is 6.57. The first-order chi connectivity index (χ1) is 10.5. The van der Waals surface area contributed by atoms with Crippen molar-refractivity contribution in [1.29, 1.82) is 0 Å². The number of amides is 1. The Kier molecular flexibility index (Phi) is 3.50. The van der Waals surface area contributed by atoms with Crippen LogP contribution in [-0.2, 0) is 14.8 Å². The maximum absolute atomic E-state index is 12.5. The molecule has 2 aromatic carbocycles. The highest BCUT2D eigenvalue weighted by Crippen LogP contribution is 2.33. The van der Waals surface area contributed by atoms with E-state index in [4.69, 9.17) is 4.74 Å². The van der Waals surface area contributed by atoms with Crippen LogP contribution in [0.5, 0.6) is 5.75 Å². The SMILES string of the molecule is Cc1cc2c(cc1S(=O)(=O)Nc1ccccc1)OCC(=O)N2. The van der Waals surface area contributed by atoms with Gasteiger partial charge in [-0.2, -0.15) is 0 Å². The minimum Gasteiger partial charge on any atom is -0.482 e. The van der Waals surface area contributed by atoms with E-state index < -0.39 is 10.0 Å². The van der Waals surface area contributed by atoms with Crippen LogP contribution in [0.2, 0.25) is 0 Å². The molecule has 0 spiro atoms. The van der Waals surface area contributed by atoms with E-state index in [1.807, 2.05) is 0 Å². The van der Waals surface area contributed by atoms with E-state index in [1.165, 1.54) is 6.07 Å². The summed E-state index contributed by atoms with van der Waals surface area (Å²) in [7, 11) is -3.73. The van der Waals surface area contributed by atoms with Crippen LogP contribution in [0.1, 0.15) is 5.56 Å². The van der Waals surface area contributed by atoms with E-state index in [-0.39, 0.29) is 17.4 Å². The Hall–Kier alpha value is -2.54. The van der Waals surface area contributed by atoms with Crippen molar-refractivity contribution >= 4 is 27.3 Å². The monoisotopic (exact) mass is 318 g/mol. The molecule has 0 saturated heterocycles. The van der Waals surface area contributed by atoms with E-state index in [0.717, 1.165) is 0 Å². The second kappa shape index (κ2) is 5.34. The smallest absolute Gasteiger partial charge is 0.262 e. The van der Waals surface area contributed by atoms with E-state index in [0.29, 0.717) is 22.7 Å². The number of fused-ring (bicyclic) bond motifs is 1. The molecule has 0 saturated carbocycles. The lowest BCUT2D eigenvalue weighted by Gasteiger charge is -2.20. The van der Waals surface area contributed by atoms with Gasteiger partial charge in [-0.15, -0.1) is 0 Å². The third-order valence-corrected chi connectivity index (χ3v) is 4.75. The summed E-state index contributed by atoms with van der Waals surface area (Å²) in [5, 5.41) is 2.65. The minimum atomic E-state index is -3.73. The first-order valence-electron chi connectivity index (χ1n) is 6.61. The molecule has 6 nitrogen and oxygen atoms in total. The number of carbonyl (C=O) groups excluding carboxylic acids is 1. The third kappa shape index (κ3) is 2.75. The van der Waals surface area contributed by atoms with Gasteiger partial charge in [0.2, 0.25) is 0 Å². The fourth-order valence-corrected chi connectivity index (χ4v) is 3.52. The molecule has 2 N–H and O–H groups in total. The number of rotatable bonds is 3. The summed E-state index contributed by atoms with van der Waals surface area (Å²) in [4.78, 5) is 11.4. The minimum absolute atomic E-state index is 0.117. The van der Waals surface area contributed by atoms with Crippen LogP contribution in [0, 0.1) is 6.92 Å². The molecule has 0 atom stereocenters. The van der Waals surface area contributed by atoms with Gasteiger partial charge in [0.1, 0.15) is 5.75 Å². The Labute approximate surface area is 128 Å². The van der Waals surface area contributed by atoms with Gasteiger partial charge in [-0.05, 0) is 30.7 Å². The van der Waals surface area contributed by atoms with E-state index in [9.17, 15) is 13.2 Å². The average Bonchev–Trinajstić information content (AvgIpc) is 2.46. The molecule has 1 heterocycles. The van der Waals surface area contributed by atoms with E-state index in [1.54, 1.807) is 43.3 Å². The molecule has 22 heavy (non-hydrogen) atoms. The van der Waals surface area contributed by atoms with Gasteiger partial charge >= 0.3 is 0 Å². The largest absolute Gasteiger partial charge is 0.482 e. The predicted molar refractivity (Wildman–Crippen MR) is 82.6 cm³/mol. The van der Waals surface area contributed by atoms with Crippen molar-refractivity contribution in [1.82, 2.24) is 0 Å². The fourth-order valence-electron chi connectivity index (χ4n) is 2.22. The molecule has 1 aliphatic heterocycles. The zero-order valence-electron chi connectivity index (χ0n) is 11.8. The zero-order valence-corrected chi connectivity index (χ0v) is 12.6. The first-order valence-corrected chi connectivity index (χ1v) is 8.09. The fraction of sp³-hybridized carbons (Fsp3) is 0.133. The molecule has 0 radical (unpaired) electrons. The second-order valence-electron chi connectivity index (χ2n) is 4.92. The lowest BCUT2D eigenvalue weighted by atomic mass is 10.2. The molecule has 0 aliphatic carbocycles. The summed E-state index contributed by atoms with van der Waals surface area (Å²) in [6.45, 7) is 1.54. The number of benzene rings is 2. The molecule has 0 fully saturated rings. The topological polar surface area (TPSA) is 84.5 Å². The van der Waals surface area contributed by atoms with Crippen molar-refractivity contribution in [2.45, 2.75) is 11.8 Å². The van der Waals surface area contributed by atoms with Crippen molar-refractivity contribution in [3.05, 3.63) is 48.0 Å². The summed E-state index contributed by atoms with van der Waals surface area (Å²) < 4.78 is 32.8. The highest BCUT2D eigenvalue weighted by molar-refractivity contribution is 7.92. The summed E-state index contributed by atoms with van der Waals surface area (Å²) in [6.07, 6.45) is 0. The average molecular weight is 318 g/mol. The number of aryl methyl sites for hydroxylation is 1. The van der Waals surface area contributed by atoms with Gasteiger partial charge in [0, 0.05) is 11.8 Å². The van der Waals surface area contributed by atoms with E-state index in [2.05, 4.69) is 10.0 Å². The van der Waals surface area contributed by atoms with Gasteiger partial charge in [0.05, 0.1) is 10.6 Å². The van der Waals surface area contributed by atoms with Crippen LogP contribution in [0.4, 0.5) is 11.4 Å². The molecular weight excluding hydrogens is 304 g/mol. The number of para-hydroxylation sites is 1. The van der Waals surface area contributed by atoms with Gasteiger partial charge in [0.15, 0.2) is 6.61 Å². The molecule has 0 bridgehead atoms. The summed E-state index contributed by atoms with van der Waals surface area (Å²) in [5.74, 6) is 0.0866. The molecule has 0 aromatic heterocycles. The molecule has 3 rings (SSSR count). The molecule has 7 heteroatoms. The molecule has 114 valence electrons.